The topological polar surface area (TPSA) is 101 Å². The van der Waals surface area contributed by atoms with Crippen molar-refractivity contribution in [2.45, 2.75) is 24.7 Å². The summed E-state index contributed by atoms with van der Waals surface area (Å²) in [6.07, 6.45) is -4.82. The van der Waals surface area contributed by atoms with Gasteiger partial charge in [-0.25, -0.2) is 17.8 Å². The van der Waals surface area contributed by atoms with Crippen molar-refractivity contribution in [2.75, 3.05) is 37.7 Å². The monoisotopic (exact) mass is 608 g/mol. The fourth-order valence-corrected chi connectivity index (χ4v) is 5.69. The van der Waals surface area contributed by atoms with E-state index in [4.69, 9.17) is 4.74 Å². The zero-order valence-electron chi connectivity index (χ0n) is 22.5. The molecule has 4 rings (SSSR count). The Hall–Kier alpha value is -4.17. The molecule has 1 aliphatic heterocycles. The highest BCUT2D eigenvalue weighted by atomic mass is 32.2. The van der Waals surface area contributed by atoms with Gasteiger partial charge in [-0.15, -0.1) is 13.2 Å². The minimum atomic E-state index is -4.82. The summed E-state index contributed by atoms with van der Waals surface area (Å²) in [5, 5.41) is 2.67. The van der Waals surface area contributed by atoms with E-state index in [1.54, 1.807) is 12.1 Å². The van der Waals surface area contributed by atoms with E-state index in [-0.39, 0.29) is 29.4 Å². The van der Waals surface area contributed by atoms with Gasteiger partial charge in [-0.05, 0) is 73.2 Å². The Morgan fingerprint density at radius 1 is 1.10 bits per heavy atom. The summed E-state index contributed by atoms with van der Waals surface area (Å²) in [6.45, 7) is 7.16. The molecule has 1 aliphatic rings. The van der Waals surface area contributed by atoms with Crippen molar-refractivity contribution in [3.8, 4) is 17.0 Å². The average Bonchev–Trinajstić information content (AvgIpc) is 2.96. The maximum Gasteiger partial charge on any atom is 0.573 e. The van der Waals surface area contributed by atoms with Crippen LogP contribution >= 0.6 is 0 Å². The van der Waals surface area contributed by atoms with Crippen LogP contribution in [0.15, 0.2) is 77.8 Å². The van der Waals surface area contributed by atoms with E-state index >= 15 is 0 Å². The summed E-state index contributed by atoms with van der Waals surface area (Å²) in [7, 11) is -4.18. The lowest BCUT2D eigenvalue weighted by Gasteiger charge is -2.28. The Kier molecular flexibility index (Phi) is 9.36. The molecule has 14 heteroatoms. The Morgan fingerprint density at radius 2 is 1.74 bits per heavy atom. The molecule has 1 N–H and O–H groups in total. The summed E-state index contributed by atoms with van der Waals surface area (Å²) >= 11 is 0. The van der Waals surface area contributed by atoms with Crippen molar-refractivity contribution in [3.05, 3.63) is 84.3 Å². The number of anilines is 1. The van der Waals surface area contributed by atoms with Crippen LogP contribution in [0.2, 0.25) is 0 Å². The molecule has 9 nitrogen and oxygen atoms in total. The molecule has 0 radical (unpaired) electrons. The van der Waals surface area contributed by atoms with Crippen LogP contribution < -0.4 is 15.0 Å². The molecule has 224 valence electrons. The number of nitrogens with zero attached hydrogens (tertiary/aromatic N) is 3. The maximum absolute atomic E-state index is 13.3. The smallest absolute Gasteiger partial charge is 0.406 e. The fourth-order valence-electron chi connectivity index (χ4n) is 4.24. The minimum Gasteiger partial charge on any atom is -0.406 e. The van der Waals surface area contributed by atoms with Gasteiger partial charge in [-0.1, -0.05) is 6.58 Å². The molecule has 2 heterocycles. The maximum atomic E-state index is 13.3. The van der Waals surface area contributed by atoms with E-state index in [1.165, 1.54) is 31.2 Å². The van der Waals surface area contributed by atoms with Crippen molar-refractivity contribution >= 4 is 21.7 Å². The first-order chi connectivity index (χ1) is 19.9. The van der Waals surface area contributed by atoms with Crippen LogP contribution in [0.4, 0.5) is 23.4 Å². The van der Waals surface area contributed by atoms with Crippen molar-refractivity contribution in [2.24, 2.45) is 0 Å². The molecule has 42 heavy (non-hydrogen) atoms. The van der Waals surface area contributed by atoms with Gasteiger partial charge in [0.15, 0.2) is 0 Å². The number of halogens is 4. The first kappa shape index (κ1) is 30.8. The van der Waals surface area contributed by atoms with Gasteiger partial charge in [0.2, 0.25) is 0 Å². The predicted molar refractivity (Wildman–Crippen MR) is 146 cm³/mol. The van der Waals surface area contributed by atoms with Crippen molar-refractivity contribution < 1.29 is 40.2 Å². The van der Waals surface area contributed by atoms with E-state index in [0.29, 0.717) is 48.9 Å². The van der Waals surface area contributed by atoms with Crippen LogP contribution in [0.3, 0.4) is 0 Å². The van der Waals surface area contributed by atoms with Crippen LogP contribution in [0.5, 0.6) is 5.75 Å². The summed E-state index contributed by atoms with van der Waals surface area (Å²) in [5.74, 6) is -1.16. The van der Waals surface area contributed by atoms with Crippen molar-refractivity contribution in [1.82, 2.24) is 14.6 Å². The van der Waals surface area contributed by atoms with E-state index < -0.39 is 28.1 Å². The number of sulfonamides is 1. The molecule has 1 saturated heterocycles. The van der Waals surface area contributed by atoms with Gasteiger partial charge in [0.1, 0.15) is 23.1 Å². The van der Waals surface area contributed by atoms with E-state index in [0.717, 1.165) is 28.6 Å². The molecule has 1 aromatic heterocycles. The summed E-state index contributed by atoms with van der Waals surface area (Å²) < 4.78 is 87.4. The molecule has 0 unspecified atom stereocenters. The summed E-state index contributed by atoms with van der Waals surface area (Å²) in [6, 6.07) is 12.9. The first-order valence-corrected chi connectivity index (χ1v) is 14.3. The van der Waals surface area contributed by atoms with E-state index in [9.17, 15) is 30.8 Å². The lowest BCUT2D eigenvalue weighted by atomic mass is 10.1. The zero-order chi connectivity index (χ0) is 30.5. The van der Waals surface area contributed by atoms with E-state index in [2.05, 4.69) is 21.6 Å². The van der Waals surface area contributed by atoms with Crippen LogP contribution in [0.25, 0.3) is 11.3 Å². The molecule has 2 aromatic carbocycles. The Morgan fingerprint density at radius 3 is 2.33 bits per heavy atom. The number of morpholine rings is 1. The van der Waals surface area contributed by atoms with Gasteiger partial charge in [0.05, 0.1) is 23.8 Å². The first-order valence-electron chi connectivity index (χ1n) is 12.8. The van der Waals surface area contributed by atoms with Gasteiger partial charge in [0.25, 0.3) is 15.9 Å². The van der Waals surface area contributed by atoms with Gasteiger partial charge < -0.3 is 19.7 Å². The van der Waals surface area contributed by atoms with Crippen LogP contribution in [0.1, 0.15) is 12.5 Å². The second kappa shape index (κ2) is 12.8. The number of pyridine rings is 1. The lowest BCUT2D eigenvalue weighted by molar-refractivity contribution is -0.274. The van der Waals surface area contributed by atoms with Crippen LogP contribution in [-0.2, 0) is 26.1 Å². The molecular formula is C28H28F4N4O5S. The third-order valence-corrected chi connectivity index (χ3v) is 8.22. The third-order valence-electron chi connectivity index (χ3n) is 6.30. The number of benzene rings is 2. The second-order valence-corrected chi connectivity index (χ2v) is 11.0. The number of amides is 1. The highest BCUT2D eigenvalue weighted by Gasteiger charge is 2.31. The predicted octanol–water partition coefficient (Wildman–Crippen LogP) is 4.46. The van der Waals surface area contributed by atoms with Crippen molar-refractivity contribution in [3.63, 3.8) is 0 Å². The lowest BCUT2D eigenvalue weighted by Crippen LogP contribution is -2.38. The molecule has 0 atom stereocenters. The van der Waals surface area contributed by atoms with Crippen molar-refractivity contribution in [1.29, 1.82) is 0 Å². The highest BCUT2D eigenvalue weighted by Crippen LogP contribution is 2.28. The van der Waals surface area contributed by atoms with Gasteiger partial charge in [-0.2, -0.15) is 0 Å². The fraction of sp³-hybridized carbons (Fsp3) is 0.286. The number of aromatic nitrogens is 1. The van der Waals surface area contributed by atoms with Gasteiger partial charge >= 0.3 is 6.36 Å². The van der Waals surface area contributed by atoms with Gasteiger partial charge in [0, 0.05) is 31.7 Å². The zero-order valence-corrected chi connectivity index (χ0v) is 23.3. The number of alkyl halides is 3. The van der Waals surface area contributed by atoms with Crippen LogP contribution in [0, 0.1) is 5.82 Å². The standard InChI is InChI=1S/C28H28F4N4O5S/c1-3-36(42(38,39)24-10-6-22(29)7-11-24)19(2)27(37)33-18-20-16-25(34-26(17-20)35-12-14-40-15-13-35)21-4-8-23(9-5-21)41-28(30,31)32/h4-11,16-17H,2-3,12-15,18H2,1H3,(H,33,37). The number of nitrogens with one attached hydrogen (secondary N) is 1. The largest absolute Gasteiger partial charge is 0.573 e. The Labute approximate surface area is 240 Å². The Bertz CT molecular complexity index is 1530. The molecule has 1 amide bonds. The molecule has 0 spiro atoms. The molecule has 0 saturated carbocycles. The molecule has 0 aliphatic carbocycles. The number of carbonyl (C=O) groups excluding carboxylic acids is 1. The molecule has 0 bridgehead atoms. The number of likely N-dealkylation sites (N-methyl/N-ethyl adjacent to an activating group) is 1. The van der Waals surface area contributed by atoms with Crippen LogP contribution in [-0.4, -0.2) is 62.8 Å². The summed E-state index contributed by atoms with van der Waals surface area (Å²) in [4.78, 5) is 19.5. The SMILES string of the molecule is C=C(C(=O)NCc1cc(-c2ccc(OC(F)(F)F)cc2)nc(N2CCOCC2)c1)N(CC)S(=O)(=O)c1ccc(F)cc1. The number of hydrogen-bond donors (Lipinski definition) is 1. The number of hydrogen-bond acceptors (Lipinski definition) is 7. The normalized spacial score (nSPS) is 13.9. The quantitative estimate of drug-likeness (QED) is 0.268. The Balaban J connectivity index is 1.55. The molecular weight excluding hydrogens is 580 g/mol. The second-order valence-electron chi connectivity index (χ2n) is 9.14. The highest BCUT2D eigenvalue weighted by molar-refractivity contribution is 7.89. The number of rotatable bonds is 10. The average molecular weight is 609 g/mol. The molecule has 1 fully saturated rings. The number of carbonyl (C=O) groups is 1. The summed E-state index contributed by atoms with van der Waals surface area (Å²) in [5.41, 5.74) is 1.22. The van der Waals surface area contributed by atoms with E-state index in [1.807, 2.05) is 4.90 Å². The minimum absolute atomic E-state index is 0.0336. The molecule has 3 aromatic rings. The number of ether oxygens (including phenoxy) is 2. The third kappa shape index (κ3) is 7.56. The van der Waals surface area contributed by atoms with Gasteiger partial charge in [-0.3, -0.25) is 9.10 Å².